The highest BCUT2D eigenvalue weighted by molar-refractivity contribution is 6.26. The largest absolute Gasteiger partial charge is 0.380 e. The highest BCUT2D eigenvalue weighted by Gasteiger charge is 2.13. The van der Waals surface area contributed by atoms with Crippen molar-refractivity contribution in [1.29, 1.82) is 0 Å². The van der Waals surface area contributed by atoms with Gasteiger partial charge in [0.15, 0.2) is 0 Å². The van der Waals surface area contributed by atoms with Crippen LogP contribution in [0.25, 0.3) is 0 Å². The Morgan fingerprint density at radius 1 is 0.688 bits per heavy atom. The van der Waals surface area contributed by atoms with Crippen LogP contribution in [0.3, 0.4) is 0 Å². The average Bonchev–Trinajstić information content (AvgIpc) is 2.78. The molecule has 0 unspecified atom stereocenters. The Hall–Kier alpha value is -0.730. The van der Waals surface area contributed by atoms with Crippen LogP contribution in [0.4, 0.5) is 5.69 Å². The minimum atomic E-state index is 0.680. The van der Waals surface area contributed by atoms with Gasteiger partial charge in [0, 0.05) is 18.4 Å². The number of aryl methyl sites for hydroxylation is 2. The van der Waals surface area contributed by atoms with Crippen molar-refractivity contribution in [3.8, 4) is 0 Å². The summed E-state index contributed by atoms with van der Waals surface area (Å²) in [4.78, 5) is 0. The van der Waals surface area contributed by atoms with Gasteiger partial charge in [-0.25, -0.2) is 0 Å². The quantitative estimate of drug-likeness (QED) is 0.132. The zero-order valence-corrected chi connectivity index (χ0v) is 22.6. The molecule has 1 rings (SSSR count). The summed E-state index contributed by atoms with van der Waals surface area (Å²) in [5.74, 6) is 0. The maximum absolute atomic E-state index is 6.61. The second-order valence-corrected chi connectivity index (χ2v) is 9.97. The number of halogens is 1. The first kappa shape index (κ1) is 29.3. The van der Waals surface area contributed by atoms with E-state index in [4.69, 9.17) is 16.5 Å². The molecular formula is C29H52ClNO. The number of unbranched alkanes of at least 4 members (excludes halogenated alkanes) is 13. The second-order valence-electron chi connectivity index (χ2n) is 9.56. The highest BCUT2D eigenvalue weighted by atomic mass is 35.5. The predicted octanol–water partition coefficient (Wildman–Crippen LogP) is 9.71. The molecule has 0 aliphatic rings. The summed E-state index contributed by atoms with van der Waals surface area (Å²) in [6, 6.07) is 4.53. The van der Waals surface area contributed by atoms with Crippen molar-refractivity contribution in [3.63, 3.8) is 0 Å². The monoisotopic (exact) mass is 465 g/mol. The van der Waals surface area contributed by atoms with E-state index >= 15 is 0 Å². The minimum absolute atomic E-state index is 0.680. The molecule has 0 aromatic heterocycles. The third-order valence-corrected chi connectivity index (χ3v) is 6.91. The van der Waals surface area contributed by atoms with Crippen molar-refractivity contribution in [2.45, 2.75) is 130 Å². The van der Waals surface area contributed by atoms with Gasteiger partial charge in [0.05, 0.1) is 18.8 Å². The van der Waals surface area contributed by atoms with Crippen LogP contribution < -0.4 is 4.42 Å². The van der Waals surface area contributed by atoms with E-state index in [9.17, 15) is 0 Å². The van der Waals surface area contributed by atoms with Crippen LogP contribution >= 0.6 is 11.8 Å². The SMILES string of the molecule is CCCCCCCCCCCCCCCCc1ccc(C)c(N(Cl)CCOCCC)c1C. The Morgan fingerprint density at radius 3 is 1.75 bits per heavy atom. The van der Waals surface area contributed by atoms with E-state index in [1.807, 2.05) is 4.42 Å². The maximum Gasteiger partial charge on any atom is 0.0656 e. The summed E-state index contributed by atoms with van der Waals surface area (Å²) >= 11 is 6.61. The van der Waals surface area contributed by atoms with Crippen LogP contribution in [0.5, 0.6) is 0 Å². The molecule has 0 radical (unpaired) electrons. The van der Waals surface area contributed by atoms with E-state index in [2.05, 4.69) is 39.8 Å². The van der Waals surface area contributed by atoms with E-state index in [1.54, 1.807) is 0 Å². The molecule has 0 spiro atoms. The summed E-state index contributed by atoms with van der Waals surface area (Å²) in [5.41, 5.74) is 5.21. The van der Waals surface area contributed by atoms with Gasteiger partial charge in [-0.1, -0.05) is 109 Å². The molecule has 0 saturated heterocycles. The van der Waals surface area contributed by atoms with Crippen molar-refractivity contribution in [1.82, 2.24) is 0 Å². The minimum Gasteiger partial charge on any atom is -0.380 e. The zero-order valence-electron chi connectivity index (χ0n) is 21.8. The topological polar surface area (TPSA) is 12.5 Å². The molecule has 1 aromatic rings. The van der Waals surface area contributed by atoms with Gasteiger partial charge in [-0.3, -0.25) is 4.42 Å². The van der Waals surface area contributed by atoms with Gasteiger partial charge in [-0.15, -0.1) is 0 Å². The molecule has 0 atom stereocenters. The standard InChI is InChI=1S/C29H52ClNO/c1-5-7-8-9-10-11-12-13-14-15-16-17-18-19-20-28-22-21-26(3)29(27(28)4)31(30)23-25-32-24-6-2/h21-22H,5-20,23-25H2,1-4H3. The van der Waals surface area contributed by atoms with Gasteiger partial charge in [-0.2, -0.15) is 0 Å². The van der Waals surface area contributed by atoms with Crippen LogP contribution in [0.2, 0.25) is 0 Å². The van der Waals surface area contributed by atoms with Crippen molar-refractivity contribution in [3.05, 3.63) is 28.8 Å². The van der Waals surface area contributed by atoms with E-state index in [-0.39, 0.29) is 0 Å². The van der Waals surface area contributed by atoms with Crippen LogP contribution in [-0.4, -0.2) is 19.8 Å². The van der Waals surface area contributed by atoms with Crippen LogP contribution in [0.1, 0.15) is 127 Å². The van der Waals surface area contributed by atoms with Gasteiger partial charge in [0.2, 0.25) is 0 Å². The molecular weight excluding hydrogens is 414 g/mol. The smallest absolute Gasteiger partial charge is 0.0656 e. The van der Waals surface area contributed by atoms with E-state index in [1.165, 1.54) is 112 Å². The van der Waals surface area contributed by atoms with Crippen LogP contribution in [0, 0.1) is 13.8 Å². The molecule has 0 bridgehead atoms. The molecule has 0 N–H and O–H groups in total. The second kappa shape index (κ2) is 19.7. The molecule has 0 fully saturated rings. The lowest BCUT2D eigenvalue weighted by Crippen LogP contribution is -2.19. The van der Waals surface area contributed by atoms with E-state index in [0.29, 0.717) is 6.61 Å². The summed E-state index contributed by atoms with van der Waals surface area (Å²) in [7, 11) is 0. The fourth-order valence-corrected chi connectivity index (χ4v) is 4.86. The van der Waals surface area contributed by atoms with Crippen molar-refractivity contribution in [2.24, 2.45) is 0 Å². The third kappa shape index (κ3) is 13.1. The Labute approximate surface area is 205 Å². The number of anilines is 1. The Balaban J connectivity index is 2.16. The van der Waals surface area contributed by atoms with Gasteiger partial charge in [-0.05, 0) is 49.8 Å². The number of nitrogens with zero attached hydrogens (tertiary/aromatic N) is 1. The summed E-state index contributed by atoms with van der Waals surface area (Å²) < 4.78 is 7.47. The van der Waals surface area contributed by atoms with Gasteiger partial charge >= 0.3 is 0 Å². The fraction of sp³-hybridized carbons (Fsp3) is 0.793. The zero-order chi connectivity index (χ0) is 23.4. The molecule has 0 aliphatic heterocycles. The number of hydrogen-bond donors (Lipinski definition) is 0. The normalized spacial score (nSPS) is 11.3. The Morgan fingerprint density at radius 2 is 1.22 bits per heavy atom. The predicted molar refractivity (Wildman–Crippen MR) is 144 cm³/mol. The molecule has 2 nitrogen and oxygen atoms in total. The summed E-state index contributed by atoms with van der Waals surface area (Å²) in [5, 5.41) is 0. The first-order valence-electron chi connectivity index (χ1n) is 13.7. The first-order valence-corrected chi connectivity index (χ1v) is 14.1. The summed E-state index contributed by atoms with van der Waals surface area (Å²) in [6.45, 7) is 11.0. The lowest BCUT2D eigenvalue weighted by atomic mass is 9.97. The molecule has 3 heteroatoms. The number of hydrogen-bond acceptors (Lipinski definition) is 2. The first-order chi connectivity index (χ1) is 15.6. The van der Waals surface area contributed by atoms with Crippen LogP contribution in [-0.2, 0) is 11.2 Å². The Bertz CT molecular complexity index is 575. The number of rotatable bonds is 21. The molecule has 0 amide bonds. The van der Waals surface area contributed by atoms with Crippen molar-refractivity contribution < 1.29 is 4.74 Å². The maximum atomic E-state index is 6.61. The molecule has 0 aliphatic carbocycles. The highest BCUT2D eigenvalue weighted by Crippen LogP contribution is 2.30. The van der Waals surface area contributed by atoms with Gasteiger partial charge in [0.25, 0.3) is 0 Å². The van der Waals surface area contributed by atoms with Gasteiger partial charge in [0.1, 0.15) is 0 Å². The summed E-state index contributed by atoms with van der Waals surface area (Å²) in [6.07, 6.45) is 21.9. The average molecular weight is 466 g/mol. The van der Waals surface area contributed by atoms with E-state index < -0.39 is 0 Å². The lowest BCUT2D eigenvalue weighted by Gasteiger charge is -2.22. The van der Waals surface area contributed by atoms with E-state index in [0.717, 1.165) is 26.0 Å². The van der Waals surface area contributed by atoms with Gasteiger partial charge < -0.3 is 4.74 Å². The molecule has 186 valence electrons. The van der Waals surface area contributed by atoms with Crippen molar-refractivity contribution in [2.75, 3.05) is 24.2 Å². The number of ether oxygens (including phenoxy) is 1. The fourth-order valence-electron chi connectivity index (χ4n) is 4.53. The molecule has 0 heterocycles. The molecule has 32 heavy (non-hydrogen) atoms. The number of benzene rings is 1. The lowest BCUT2D eigenvalue weighted by molar-refractivity contribution is 0.143. The molecule has 0 saturated carbocycles. The van der Waals surface area contributed by atoms with Crippen LogP contribution in [0.15, 0.2) is 12.1 Å². The molecule has 1 aromatic carbocycles. The van der Waals surface area contributed by atoms with Crippen molar-refractivity contribution >= 4 is 17.5 Å². The Kier molecular flexibility index (Phi) is 18.1. The third-order valence-electron chi connectivity index (χ3n) is 6.57.